The first-order chi connectivity index (χ1) is 10.5. The Labute approximate surface area is 126 Å². The summed E-state index contributed by atoms with van der Waals surface area (Å²) in [4.78, 5) is 11.7. The zero-order valence-corrected chi connectivity index (χ0v) is 11.6. The molecule has 2 rings (SSSR count). The number of carbonyl (C=O) groups is 1. The number of rotatable bonds is 4. The summed E-state index contributed by atoms with van der Waals surface area (Å²) in [6.07, 6.45) is 0. The van der Waals surface area contributed by atoms with Crippen molar-refractivity contribution in [3.05, 3.63) is 47.5 Å². The number of carbonyl (C=O) groups excluding carboxylic acids is 1. The summed E-state index contributed by atoms with van der Waals surface area (Å²) in [6.45, 7) is 0.232. The Morgan fingerprint density at radius 2 is 1.50 bits per heavy atom. The fourth-order valence-corrected chi connectivity index (χ4v) is 1.80. The van der Waals surface area contributed by atoms with Crippen LogP contribution in [0.15, 0.2) is 36.4 Å². The van der Waals surface area contributed by atoms with Crippen LogP contribution in [0.5, 0.6) is 17.2 Å². The second-order valence-electron chi connectivity index (χ2n) is 4.65. The number of anilines is 1. The Balaban J connectivity index is 1.92. The molecule has 0 heterocycles. The van der Waals surface area contributed by atoms with Gasteiger partial charge in [-0.3, -0.25) is 0 Å². The van der Waals surface area contributed by atoms with Gasteiger partial charge in [-0.15, -0.1) is 0 Å². The Bertz CT molecular complexity index is 647. The van der Waals surface area contributed by atoms with Crippen LogP contribution in [0, 0.1) is 0 Å². The van der Waals surface area contributed by atoms with E-state index in [-0.39, 0.29) is 18.8 Å². The number of aliphatic hydroxyl groups is 1. The maximum absolute atomic E-state index is 11.7. The minimum absolute atomic E-state index is 0.0396. The molecule has 6 N–H and O–H groups in total. The van der Waals surface area contributed by atoms with Crippen LogP contribution in [0.25, 0.3) is 0 Å². The lowest BCUT2D eigenvalue weighted by Gasteiger charge is -2.09. The van der Waals surface area contributed by atoms with E-state index >= 15 is 0 Å². The SMILES string of the molecule is O=C(NCc1ccc(CO)cc1)Nc1cc(O)c(O)c(O)c1. The molecule has 2 aromatic carbocycles. The molecule has 7 heteroatoms. The average Bonchev–Trinajstić information content (AvgIpc) is 2.51. The quantitative estimate of drug-likeness (QED) is 0.378. The predicted molar refractivity (Wildman–Crippen MR) is 79.7 cm³/mol. The van der Waals surface area contributed by atoms with Crippen LogP contribution in [-0.4, -0.2) is 26.5 Å². The lowest BCUT2D eigenvalue weighted by Crippen LogP contribution is -2.28. The standard InChI is InChI=1S/C15H16N2O5/c18-8-10-3-1-9(2-4-10)7-16-15(22)17-11-5-12(19)14(21)13(20)6-11/h1-6,18-21H,7-8H2,(H2,16,17,22). The molecule has 116 valence electrons. The van der Waals surface area contributed by atoms with Crippen molar-refractivity contribution in [2.24, 2.45) is 0 Å². The molecular weight excluding hydrogens is 288 g/mol. The lowest BCUT2D eigenvalue weighted by atomic mass is 10.1. The molecule has 0 aliphatic carbocycles. The van der Waals surface area contributed by atoms with Crippen molar-refractivity contribution in [2.45, 2.75) is 13.2 Å². The molecule has 0 aliphatic heterocycles. The van der Waals surface area contributed by atoms with Gasteiger partial charge in [0.1, 0.15) is 0 Å². The zero-order valence-electron chi connectivity index (χ0n) is 11.6. The number of hydrogen-bond acceptors (Lipinski definition) is 5. The van der Waals surface area contributed by atoms with Crippen LogP contribution < -0.4 is 10.6 Å². The summed E-state index contributed by atoms with van der Waals surface area (Å²) in [5, 5.41) is 41.9. The lowest BCUT2D eigenvalue weighted by molar-refractivity contribution is 0.251. The topological polar surface area (TPSA) is 122 Å². The van der Waals surface area contributed by atoms with Crippen molar-refractivity contribution in [1.82, 2.24) is 5.32 Å². The molecule has 0 atom stereocenters. The highest BCUT2D eigenvalue weighted by Gasteiger charge is 2.10. The second-order valence-corrected chi connectivity index (χ2v) is 4.65. The minimum atomic E-state index is -0.644. The molecule has 0 fully saturated rings. The van der Waals surface area contributed by atoms with Gasteiger partial charge in [0.25, 0.3) is 0 Å². The highest BCUT2D eigenvalue weighted by Crippen LogP contribution is 2.37. The Kier molecular flexibility index (Phi) is 4.70. The van der Waals surface area contributed by atoms with Crippen LogP contribution in [0.2, 0.25) is 0 Å². The molecule has 7 nitrogen and oxygen atoms in total. The van der Waals surface area contributed by atoms with Gasteiger partial charge in [-0.1, -0.05) is 24.3 Å². The van der Waals surface area contributed by atoms with Crippen molar-refractivity contribution < 1.29 is 25.2 Å². The van der Waals surface area contributed by atoms with Gasteiger partial charge in [0.15, 0.2) is 17.2 Å². The Morgan fingerprint density at radius 1 is 0.955 bits per heavy atom. The van der Waals surface area contributed by atoms with Crippen molar-refractivity contribution >= 4 is 11.7 Å². The number of hydrogen-bond donors (Lipinski definition) is 6. The predicted octanol–water partition coefficient (Wildman–Crippen LogP) is 1.62. The van der Waals surface area contributed by atoms with E-state index in [4.69, 9.17) is 5.11 Å². The summed E-state index contributed by atoms with van der Waals surface area (Å²) in [7, 11) is 0. The number of amides is 2. The molecule has 22 heavy (non-hydrogen) atoms. The molecule has 0 saturated heterocycles. The summed E-state index contributed by atoms with van der Waals surface area (Å²) in [6, 6.07) is 8.77. The third-order valence-electron chi connectivity index (χ3n) is 2.99. The first kappa shape index (κ1) is 15.5. The third-order valence-corrected chi connectivity index (χ3v) is 2.99. The van der Waals surface area contributed by atoms with E-state index in [1.54, 1.807) is 24.3 Å². The summed E-state index contributed by atoms with van der Waals surface area (Å²) < 4.78 is 0. The Morgan fingerprint density at radius 3 is 2.05 bits per heavy atom. The molecule has 2 amide bonds. The van der Waals surface area contributed by atoms with Gasteiger partial charge in [-0.2, -0.15) is 0 Å². The van der Waals surface area contributed by atoms with Crippen molar-refractivity contribution in [3.63, 3.8) is 0 Å². The molecule has 0 bridgehead atoms. The largest absolute Gasteiger partial charge is 0.504 e. The molecule has 0 radical (unpaired) electrons. The zero-order chi connectivity index (χ0) is 16.1. The first-order valence-electron chi connectivity index (χ1n) is 6.48. The molecular formula is C15H16N2O5. The number of aliphatic hydroxyl groups excluding tert-OH is 1. The van der Waals surface area contributed by atoms with E-state index < -0.39 is 23.3 Å². The van der Waals surface area contributed by atoms with Gasteiger partial charge in [0.2, 0.25) is 0 Å². The molecule has 0 aliphatic rings. The molecule has 2 aromatic rings. The van der Waals surface area contributed by atoms with Gasteiger partial charge >= 0.3 is 6.03 Å². The van der Waals surface area contributed by atoms with Crippen LogP contribution in [-0.2, 0) is 13.2 Å². The van der Waals surface area contributed by atoms with Gasteiger partial charge < -0.3 is 31.1 Å². The van der Waals surface area contributed by atoms with Crippen molar-refractivity contribution in [1.29, 1.82) is 0 Å². The van der Waals surface area contributed by atoms with Gasteiger partial charge in [0, 0.05) is 18.7 Å². The highest BCUT2D eigenvalue weighted by atomic mass is 16.3. The minimum Gasteiger partial charge on any atom is -0.504 e. The van der Waals surface area contributed by atoms with E-state index in [9.17, 15) is 20.1 Å². The van der Waals surface area contributed by atoms with E-state index in [0.717, 1.165) is 23.3 Å². The number of phenols is 3. The van der Waals surface area contributed by atoms with Gasteiger partial charge in [-0.05, 0) is 11.1 Å². The van der Waals surface area contributed by atoms with E-state index in [1.807, 2.05) is 0 Å². The van der Waals surface area contributed by atoms with E-state index in [2.05, 4.69) is 10.6 Å². The van der Waals surface area contributed by atoms with Crippen LogP contribution in [0.1, 0.15) is 11.1 Å². The van der Waals surface area contributed by atoms with E-state index in [0.29, 0.717) is 0 Å². The summed E-state index contributed by atoms with van der Waals surface area (Å²) in [5.41, 5.74) is 1.77. The molecule has 0 saturated carbocycles. The van der Waals surface area contributed by atoms with Crippen LogP contribution in [0.3, 0.4) is 0 Å². The summed E-state index contributed by atoms with van der Waals surface area (Å²) >= 11 is 0. The third kappa shape index (κ3) is 3.80. The highest BCUT2D eigenvalue weighted by molar-refractivity contribution is 5.90. The van der Waals surface area contributed by atoms with Crippen molar-refractivity contribution in [3.8, 4) is 17.2 Å². The van der Waals surface area contributed by atoms with Crippen molar-refractivity contribution in [2.75, 3.05) is 5.32 Å². The normalized spacial score (nSPS) is 10.2. The van der Waals surface area contributed by atoms with Gasteiger partial charge in [-0.25, -0.2) is 4.79 Å². The second kappa shape index (κ2) is 6.68. The number of urea groups is 1. The Hall–Kier alpha value is -2.93. The number of aromatic hydroxyl groups is 3. The summed E-state index contributed by atoms with van der Waals surface area (Å²) in [5.74, 6) is -1.71. The number of benzene rings is 2. The van der Waals surface area contributed by atoms with Gasteiger partial charge in [0.05, 0.1) is 12.3 Å². The van der Waals surface area contributed by atoms with Crippen LogP contribution >= 0.6 is 0 Å². The molecule has 0 spiro atoms. The van der Waals surface area contributed by atoms with E-state index in [1.165, 1.54) is 0 Å². The fraction of sp³-hybridized carbons (Fsp3) is 0.133. The smallest absolute Gasteiger partial charge is 0.319 e. The monoisotopic (exact) mass is 304 g/mol. The number of phenolic OH excluding ortho intramolecular Hbond substituents is 3. The average molecular weight is 304 g/mol. The maximum atomic E-state index is 11.7. The first-order valence-corrected chi connectivity index (χ1v) is 6.48. The fourth-order valence-electron chi connectivity index (χ4n) is 1.80. The molecule has 0 aromatic heterocycles. The number of nitrogens with one attached hydrogen (secondary N) is 2. The van der Waals surface area contributed by atoms with Crippen LogP contribution in [0.4, 0.5) is 10.5 Å². The molecule has 0 unspecified atom stereocenters. The maximum Gasteiger partial charge on any atom is 0.319 e.